The summed E-state index contributed by atoms with van der Waals surface area (Å²) in [5.41, 5.74) is 4.87. The van der Waals surface area contributed by atoms with Gasteiger partial charge >= 0.3 is 0 Å². The molecule has 0 amide bonds. The number of piperidine rings is 1. The average Bonchev–Trinajstić information content (AvgIpc) is 3.51. The second-order valence-electron chi connectivity index (χ2n) is 8.28. The Morgan fingerprint density at radius 2 is 2.03 bits per heavy atom. The molecular weight excluding hydrogens is 412 g/mol. The van der Waals surface area contributed by atoms with Gasteiger partial charge in [0, 0.05) is 18.0 Å². The second-order valence-corrected chi connectivity index (χ2v) is 10.1. The molecule has 7 heteroatoms. The number of aromatic nitrogens is 3. The van der Waals surface area contributed by atoms with Crippen LogP contribution in [0, 0.1) is 0 Å². The van der Waals surface area contributed by atoms with Crippen molar-refractivity contribution in [1.82, 2.24) is 15.0 Å². The average molecular weight is 437 g/mol. The number of pyridine rings is 1. The van der Waals surface area contributed by atoms with Gasteiger partial charge in [0.2, 0.25) is 0 Å². The quantitative estimate of drug-likeness (QED) is 0.286. The Bertz CT molecular complexity index is 1250. The summed E-state index contributed by atoms with van der Waals surface area (Å²) in [6.07, 6.45) is 10.9. The number of aryl methyl sites for hydroxylation is 1. The summed E-state index contributed by atoms with van der Waals surface area (Å²) >= 11 is 3.38. The lowest BCUT2D eigenvalue weighted by molar-refractivity contribution is 0.481. The monoisotopic (exact) mass is 436 g/mol. The van der Waals surface area contributed by atoms with Crippen LogP contribution in [0.5, 0.6) is 0 Å². The van der Waals surface area contributed by atoms with Crippen molar-refractivity contribution >= 4 is 49.3 Å². The summed E-state index contributed by atoms with van der Waals surface area (Å²) < 4.78 is 6.93. The molecule has 1 saturated heterocycles. The highest BCUT2D eigenvalue weighted by atomic mass is 32.2. The zero-order valence-electron chi connectivity index (χ0n) is 17.3. The third kappa shape index (κ3) is 2.78. The van der Waals surface area contributed by atoms with Crippen LogP contribution >= 0.6 is 23.1 Å². The van der Waals surface area contributed by atoms with Gasteiger partial charge in [0.25, 0.3) is 0 Å². The lowest BCUT2D eigenvalue weighted by Crippen LogP contribution is -2.38. The van der Waals surface area contributed by atoms with E-state index in [9.17, 15) is 0 Å². The molecule has 0 spiro atoms. The number of rotatable bonds is 3. The van der Waals surface area contributed by atoms with Gasteiger partial charge in [-0.05, 0) is 75.0 Å². The fraction of sp³-hybridized carbons (Fsp3) is 0.435. The fourth-order valence-electron chi connectivity index (χ4n) is 5.05. The molecule has 30 heavy (non-hydrogen) atoms. The summed E-state index contributed by atoms with van der Waals surface area (Å²) in [6, 6.07) is 4.47. The van der Waals surface area contributed by atoms with Crippen LogP contribution < -0.4 is 4.90 Å². The zero-order valence-corrected chi connectivity index (χ0v) is 18.9. The second kappa shape index (κ2) is 7.24. The normalized spacial score (nSPS) is 19.1. The summed E-state index contributed by atoms with van der Waals surface area (Å²) in [5.74, 6) is 1.97. The summed E-state index contributed by atoms with van der Waals surface area (Å²) in [7, 11) is 0. The van der Waals surface area contributed by atoms with Gasteiger partial charge in [0.15, 0.2) is 16.7 Å². The van der Waals surface area contributed by atoms with Gasteiger partial charge in [-0.1, -0.05) is 11.8 Å². The van der Waals surface area contributed by atoms with E-state index in [0.717, 1.165) is 58.6 Å². The molecule has 4 aromatic rings. The van der Waals surface area contributed by atoms with Gasteiger partial charge in [-0.25, -0.2) is 15.0 Å². The van der Waals surface area contributed by atoms with Gasteiger partial charge in [-0.15, -0.1) is 11.3 Å². The Hall–Kier alpha value is -2.12. The molecule has 0 N–H and O–H groups in total. The van der Waals surface area contributed by atoms with Crippen molar-refractivity contribution in [2.75, 3.05) is 17.7 Å². The largest absolute Gasteiger partial charge is 0.463 e. The highest BCUT2D eigenvalue weighted by molar-refractivity contribution is 7.98. The van der Waals surface area contributed by atoms with E-state index >= 15 is 0 Å². The van der Waals surface area contributed by atoms with E-state index in [1.54, 1.807) is 29.4 Å². The van der Waals surface area contributed by atoms with Crippen LogP contribution in [0.4, 0.5) is 5.82 Å². The number of hydrogen-bond donors (Lipinski definition) is 0. The SMILES string of the molecule is CSc1nc(N2CCCC[C@H]2C)c2sc3nc(-c4ccco4)c4c(c3c2n1)CCC4. The summed E-state index contributed by atoms with van der Waals surface area (Å²) in [4.78, 5) is 18.7. The molecule has 0 unspecified atom stereocenters. The Balaban J connectivity index is 1.66. The Kier molecular flexibility index (Phi) is 4.49. The minimum Gasteiger partial charge on any atom is -0.463 e. The first-order chi connectivity index (χ1) is 14.7. The van der Waals surface area contributed by atoms with Crippen molar-refractivity contribution in [3.05, 3.63) is 29.5 Å². The first-order valence-corrected chi connectivity index (χ1v) is 12.8. The molecule has 1 aliphatic carbocycles. The highest BCUT2D eigenvalue weighted by Gasteiger charge is 2.29. The molecule has 1 atom stereocenters. The summed E-state index contributed by atoms with van der Waals surface area (Å²) in [6.45, 7) is 3.39. The van der Waals surface area contributed by atoms with Crippen molar-refractivity contribution in [3.8, 4) is 11.5 Å². The number of thioether (sulfide) groups is 1. The number of thiophene rings is 1. The van der Waals surface area contributed by atoms with Crippen molar-refractivity contribution in [2.24, 2.45) is 0 Å². The number of furan rings is 1. The maximum absolute atomic E-state index is 5.74. The zero-order chi connectivity index (χ0) is 20.2. The van der Waals surface area contributed by atoms with Crippen LogP contribution in [0.25, 0.3) is 31.9 Å². The Morgan fingerprint density at radius 1 is 1.13 bits per heavy atom. The van der Waals surface area contributed by atoms with E-state index in [4.69, 9.17) is 19.4 Å². The van der Waals surface area contributed by atoms with Gasteiger partial charge in [0.1, 0.15) is 10.5 Å². The van der Waals surface area contributed by atoms with Crippen LogP contribution in [0.2, 0.25) is 0 Å². The van der Waals surface area contributed by atoms with Crippen molar-refractivity contribution in [1.29, 1.82) is 0 Å². The molecule has 1 fully saturated rings. The van der Waals surface area contributed by atoms with E-state index in [-0.39, 0.29) is 0 Å². The van der Waals surface area contributed by atoms with Crippen LogP contribution in [0.15, 0.2) is 28.0 Å². The maximum atomic E-state index is 5.74. The van der Waals surface area contributed by atoms with Gasteiger partial charge in [-0.3, -0.25) is 0 Å². The molecule has 0 aromatic carbocycles. The predicted molar refractivity (Wildman–Crippen MR) is 125 cm³/mol. The molecule has 0 saturated carbocycles. The number of anilines is 1. The minimum absolute atomic E-state index is 0.508. The van der Waals surface area contributed by atoms with E-state index in [2.05, 4.69) is 18.1 Å². The van der Waals surface area contributed by atoms with Crippen LogP contribution in [0.1, 0.15) is 43.7 Å². The van der Waals surface area contributed by atoms with E-state index in [1.165, 1.54) is 40.5 Å². The van der Waals surface area contributed by atoms with E-state index < -0.39 is 0 Å². The molecular formula is C23H24N4OS2. The van der Waals surface area contributed by atoms with Crippen LogP contribution in [-0.4, -0.2) is 33.8 Å². The Morgan fingerprint density at radius 3 is 2.83 bits per heavy atom. The van der Waals surface area contributed by atoms with E-state index in [1.807, 2.05) is 12.1 Å². The first-order valence-electron chi connectivity index (χ1n) is 10.7. The molecule has 2 aliphatic rings. The van der Waals surface area contributed by atoms with Crippen LogP contribution in [-0.2, 0) is 12.8 Å². The van der Waals surface area contributed by atoms with Gasteiger partial charge in [0.05, 0.1) is 16.5 Å². The van der Waals surface area contributed by atoms with Crippen molar-refractivity contribution < 1.29 is 4.42 Å². The summed E-state index contributed by atoms with van der Waals surface area (Å²) in [5, 5.41) is 2.11. The highest BCUT2D eigenvalue weighted by Crippen LogP contribution is 2.45. The number of nitrogens with zero attached hydrogens (tertiary/aromatic N) is 4. The molecule has 0 radical (unpaired) electrons. The topological polar surface area (TPSA) is 55.1 Å². The number of hydrogen-bond acceptors (Lipinski definition) is 7. The molecule has 4 aromatic heterocycles. The fourth-order valence-corrected chi connectivity index (χ4v) is 6.56. The standard InChI is InChI=1S/C23H24N4OS2/c1-13-7-3-4-11-27(13)21-20-19(25-23(26-21)29-2)17-14-8-5-9-15(14)18(24-22(17)30-20)16-10-6-12-28-16/h6,10,12-13H,3-5,7-9,11H2,1-2H3/t13-/m1/s1. The van der Waals surface area contributed by atoms with Crippen molar-refractivity contribution in [3.63, 3.8) is 0 Å². The molecule has 154 valence electrons. The Labute approximate surface area is 183 Å². The number of fused-ring (bicyclic) bond motifs is 5. The van der Waals surface area contributed by atoms with Crippen LogP contribution in [0.3, 0.4) is 0 Å². The minimum atomic E-state index is 0.508. The third-order valence-corrected chi connectivity index (χ3v) is 8.12. The predicted octanol–water partition coefficient (Wildman–Crippen LogP) is 6.09. The molecule has 5 nitrogen and oxygen atoms in total. The van der Waals surface area contributed by atoms with E-state index in [0.29, 0.717) is 6.04 Å². The first kappa shape index (κ1) is 18.6. The van der Waals surface area contributed by atoms with Gasteiger partial charge in [-0.2, -0.15) is 0 Å². The lowest BCUT2D eigenvalue weighted by Gasteiger charge is -2.34. The molecule has 5 heterocycles. The third-order valence-electron chi connectivity index (χ3n) is 6.51. The lowest BCUT2D eigenvalue weighted by atomic mass is 10.0. The van der Waals surface area contributed by atoms with Crippen molar-refractivity contribution in [2.45, 2.75) is 56.6 Å². The maximum Gasteiger partial charge on any atom is 0.189 e. The van der Waals surface area contributed by atoms with Gasteiger partial charge < -0.3 is 9.32 Å². The molecule has 6 rings (SSSR count). The molecule has 1 aliphatic heterocycles. The molecule has 0 bridgehead atoms. The smallest absolute Gasteiger partial charge is 0.189 e.